The van der Waals surface area contributed by atoms with Crippen molar-refractivity contribution in [2.45, 2.75) is 26.3 Å². The van der Waals surface area contributed by atoms with Gasteiger partial charge in [-0.25, -0.2) is 0 Å². The third kappa shape index (κ3) is 6.29. The molecule has 0 fully saturated rings. The molecule has 0 amide bonds. The zero-order valence-electron chi connectivity index (χ0n) is 11.0. The summed E-state index contributed by atoms with van der Waals surface area (Å²) < 4.78 is 10.7. The third-order valence-electron chi connectivity index (χ3n) is 2.44. The highest BCUT2D eigenvalue weighted by Gasteiger charge is 1.96. The van der Waals surface area contributed by atoms with Gasteiger partial charge < -0.3 is 14.8 Å². The number of hydrogen-bond donors (Lipinski definition) is 1. The minimum Gasteiger partial charge on any atom is -0.492 e. The van der Waals surface area contributed by atoms with E-state index in [2.05, 4.69) is 31.3 Å². The Morgan fingerprint density at radius 1 is 1.12 bits per heavy atom. The maximum atomic E-state index is 5.62. The summed E-state index contributed by atoms with van der Waals surface area (Å²) in [6.45, 7) is 6.60. The summed E-state index contributed by atoms with van der Waals surface area (Å²) >= 11 is 0. The highest BCUT2D eigenvalue weighted by atomic mass is 16.5. The van der Waals surface area contributed by atoms with Crippen LogP contribution in [0, 0.1) is 0 Å². The lowest BCUT2D eigenvalue weighted by Gasteiger charge is -2.10. The van der Waals surface area contributed by atoms with E-state index in [1.807, 2.05) is 12.1 Å². The number of benzene rings is 1. The van der Waals surface area contributed by atoms with Crippen LogP contribution in [-0.2, 0) is 11.2 Å². The van der Waals surface area contributed by atoms with Crippen LogP contribution >= 0.6 is 0 Å². The van der Waals surface area contributed by atoms with Crippen LogP contribution in [0.3, 0.4) is 0 Å². The molecule has 0 spiro atoms. The molecule has 0 heterocycles. The topological polar surface area (TPSA) is 30.5 Å². The van der Waals surface area contributed by atoms with E-state index < -0.39 is 0 Å². The van der Waals surface area contributed by atoms with Crippen LogP contribution in [0.15, 0.2) is 24.3 Å². The minimum absolute atomic E-state index is 0.509. The molecule has 0 aliphatic carbocycles. The SMILES string of the molecule is COCCc1ccc(OCCNC(C)C)cc1. The standard InChI is InChI=1S/C14H23NO2/c1-12(2)15-9-11-17-14-6-4-13(5-7-14)8-10-16-3/h4-7,12,15H,8-11H2,1-3H3. The van der Waals surface area contributed by atoms with Crippen molar-refractivity contribution in [2.24, 2.45) is 0 Å². The molecule has 0 bridgehead atoms. The largest absolute Gasteiger partial charge is 0.492 e. The van der Waals surface area contributed by atoms with Crippen LogP contribution in [0.25, 0.3) is 0 Å². The van der Waals surface area contributed by atoms with Crippen LogP contribution in [0.1, 0.15) is 19.4 Å². The van der Waals surface area contributed by atoms with Crippen LogP contribution < -0.4 is 10.1 Å². The van der Waals surface area contributed by atoms with Gasteiger partial charge in [0.15, 0.2) is 0 Å². The van der Waals surface area contributed by atoms with Crippen molar-refractivity contribution < 1.29 is 9.47 Å². The molecule has 0 atom stereocenters. The first-order valence-corrected chi connectivity index (χ1v) is 6.16. The van der Waals surface area contributed by atoms with Crippen molar-refractivity contribution in [3.63, 3.8) is 0 Å². The average molecular weight is 237 g/mol. The molecule has 96 valence electrons. The smallest absolute Gasteiger partial charge is 0.119 e. The Morgan fingerprint density at radius 3 is 2.41 bits per heavy atom. The molecular formula is C14H23NO2. The molecule has 0 saturated carbocycles. The van der Waals surface area contributed by atoms with Crippen LogP contribution in [0.5, 0.6) is 5.75 Å². The van der Waals surface area contributed by atoms with E-state index in [0.29, 0.717) is 12.6 Å². The molecule has 17 heavy (non-hydrogen) atoms. The number of nitrogens with one attached hydrogen (secondary N) is 1. The van der Waals surface area contributed by atoms with Gasteiger partial charge in [-0.2, -0.15) is 0 Å². The second kappa shape index (κ2) is 8.09. The van der Waals surface area contributed by atoms with Gasteiger partial charge in [0, 0.05) is 19.7 Å². The fourth-order valence-electron chi connectivity index (χ4n) is 1.49. The van der Waals surface area contributed by atoms with Crippen molar-refractivity contribution in [3.8, 4) is 5.75 Å². The number of ether oxygens (including phenoxy) is 2. The van der Waals surface area contributed by atoms with Gasteiger partial charge in [-0.05, 0) is 24.1 Å². The van der Waals surface area contributed by atoms with Crippen molar-refractivity contribution >= 4 is 0 Å². The molecule has 0 aromatic heterocycles. The first-order valence-electron chi connectivity index (χ1n) is 6.16. The van der Waals surface area contributed by atoms with Crippen molar-refractivity contribution in [2.75, 3.05) is 26.9 Å². The van der Waals surface area contributed by atoms with Gasteiger partial charge in [-0.1, -0.05) is 26.0 Å². The average Bonchev–Trinajstić information content (AvgIpc) is 2.33. The van der Waals surface area contributed by atoms with E-state index >= 15 is 0 Å². The van der Waals surface area contributed by atoms with Gasteiger partial charge in [0.1, 0.15) is 12.4 Å². The van der Waals surface area contributed by atoms with E-state index in [0.717, 1.165) is 25.3 Å². The lowest BCUT2D eigenvalue weighted by molar-refractivity contribution is 0.202. The van der Waals surface area contributed by atoms with Crippen LogP contribution in [0.4, 0.5) is 0 Å². The van der Waals surface area contributed by atoms with E-state index in [1.165, 1.54) is 5.56 Å². The molecule has 0 unspecified atom stereocenters. The number of hydrogen-bond acceptors (Lipinski definition) is 3. The van der Waals surface area contributed by atoms with Gasteiger partial charge in [0.2, 0.25) is 0 Å². The molecule has 0 aliphatic rings. The van der Waals surface area contributed by atoms with Gasteiger partial charge >= 0.3 is 0 Å². The van der Waals surface area contributed by atoms with Crippen molar-refractivity contribution in [3.05, 3.63) is 29.8 Å². The van der Waals surface area contributed by atoms with Gasteiger partial charge in [-0.3, -0.25) is 0 Å². The predicted molar refractivity (Wildman–Crippen MR) is 70.7 cm³/mol. The van der Waals surface area contributed by atoms with Crippen LogP contribution in [-0.4, -0.2) is 32.9 Å². The third-order valence-corrected chi connectivity index (χ3v) is 2.44. The lowest BCUT2D eigenvalue weighted by Crippen LogP contribution is -2.27. The van der Waals surface area contributed by atoms with Crippen molar-refractivity contribution in [1.82, 2.24) is 5.32 Å². The summed E-state index contributed by atoms with van der Waals surface area (Å²) in [7, 11) is 1.72. The monoisotopic (exact) mass is 237 g/mol. The Bertz CT molecular complexity index is 296. The van der Waals surface area contributed by atoms with E-state index in [4.69, 9.17) is 9.47 Å². The maximum absolute atomic E-state index is 5.62. The van der Waals surface area contributed by atoms with Gasteiger partial charge in [0.25, 0.3) is 0 Å². The summed E-state index contributed by atoms with van der Waals surface area (Å²) in [6.07, 6.45) is 0.950. The quantitative estimate of drug-likeness (QED) is 0.703. The highest BCUT2D eigenvalue weighted by molar-refractivity contribution is 5.27. The Morgan fingerprint density at radius 2 is 1.82 bits per heavy atom. The van der Waals surface area contributed by atoms with Gasteiger partial charge in [-0.15, -0.1) is 0 Å². The Labute approximate surface area is 104 Å². The second-order valence-corrected chi connectivity index (χ2v) is 4.34. The van der Waals surface area contributed by atoms with Crippen LogP contribution in [0.2, 0.25) is 0 Å². The van der Waals surface area contributed by atoms with E-state index in [1.54, 1.807) is 7.11 Å². The van der Waals surface area contributed by atoms with Crippen molar-refractivity contribution in [1.29, 1.82) is 0 Å². The molecule has 0 radical (unpaired) electrons. The summed E-state index contributed by atoms with van der Waals surface area (Å²) in [5, 5.41) is 3.31. The Balaban J connectivity index is 2.25. The molecule has 1 rings (SSSR count). The second-order valence-electron chi connectivity index (χ2n) is 4.34. The van der Waals surface area contributed by atoms with E-state index in [-0.39, 0.29) is 0 Å². The molecule has 3 nitrogen and oxygen atoms in total. The molecule has 0 aliphatic heterocycles. The molecular weight excluding hydrogens is 214 g/mol. The molecule has 1 aromatic rings. The molecule has 3 heteroatoms. The highest BCUT2D eigenvalue weighted by Crippen LogP contribution is 2.12. The minimum atomic E-state index is 0.509. The Kier molecular flexibility index (Phi) is 6.67. The summed E-state index contributed by atoms with van der Waals surface area (Å²) in [6, 6.07) is 8.71. The summed E-state index contributed by atoms with van der Waals surface area (Å²) in [5.74, 6) is 0.928. The molecule has 1 aromatic carbocycles. The van der Waals surface area contributed by atoms with E-state index in [9.17, 15) is 0 Å². The fourth-order valence-corrected chi connectivity index (χ4v) is 1.49. The zero-order valence-corrected chi connectivity index (χ0v) is 11.0. The fraction of sp³-hybridized carbons (Fsp3) is 0.571. The summed E-state index contributed by atoms with van der Waals surface area (Å²) in [4.78, 5) is 0. The maximum Gasteiger partial charge on any atom is 0.119 e. The Hall–Kier alpha value is -1.06. The first-order chi connectivity index (χ1) is 8.22. The normalized spacial score (nSPS) is 10.8. The summed E-state index contributed by atoms with van der Waals surface area (Å²) in [5.41, 5.74) is 1.28. The molecule has 0 saturated heterocycles. The number of methoxy groups -OCH3 is 1. The number of rotatable bonds is 8. The van der Waals surface area contributed by atoms with Gasteiger partial charge in [0.05, 0.1) is 6.61 Å². The lowest BCUT2D eigenvalue weighted by atomic mass is 10.1. The first kappa shape index (κ1) is 14.0. The molecule has 1 N–H and O–H groups in total. The zero-order chi connectivity index (χ0) is 12.5. The predicted octanol–water partition coefficient (Wildman–Crippen LogP) is 2.25.